The molecule has 0 amide bonds. The zero-order valence-corrected chi connectivity index (χ0v) is 17.0. The maximum absolute atomic E-state index is 9.88. The normalized spacial score (nSPS) is 13.0. The van der Waals surface area contributed by atoms with Crippen LogP contribution in [0.25, 0.3) is 10.9 Å². The fourth-order valence-corrected chi connectivity index (χ4v) is 3.08. The molecule has 146 valence electrons. The predicted molar refractivity (Wildman–Crippen MR) is 110 cm³/mol. The van der Waals surface area contributed by atoms with Crippen molar-refractivity contribution < 1.29 is 5.11 Å². The summed E-state index contributed by atoms with van der Waals surface area (Å²) in [5.74, 6) is 1.15. The van der Waals surface area contributed by atoms with Crippen molar-refractivity contribution >= 4 is 16.7 Å². The third-order valence-electron chi connectivity index (χ3n) is 5.21. The first-order chi connectivity index (χ1) is 12.5. The van der Waals surface area contributed by atoms with Gasteiger partial charge in [0.05, 0.1) is 5.52 Å². The third kappa shape index (κ3) is 5.35. The lowest BCUT2D eigenvalue weighted by Gasteiger charge is -2.19. The van der Waals surface area contributed by atoms with Crippen molar-refractivity contribution in [1.82, 2.24) is 19.6 Å². The summed E-state index contributed by atoms with van der Waals surface area (Å²) < 4.78 is 2.06. The lowest BCUT2D eigenvalue weighted by Crippen LogP contribution is -2.26. The summed E-state index contributed by atoms with van der Waals surface area (Å²) in [5, 5.41) is 19.1. The quantitative estimate of drug-likeness (QED) is 0.602. The number of hydrogen-bond donors (Lipinski definition) is 2. The Morgan fingerprint density at radius 3 is 2.62 bits per heavy atom. The lowest BCUT2D eigenvalue weighted by atomic mass is 10.2. The second-order valence-corrected chi connectivity index (χ2v) is 7.18. The highest BCUT2D eigenvalue weighted by atomic mass is 16.3. The Hall–Kier alpha value is -1.79. The molecule has 0 bridgehead atoms. The number of benzene rings is 1. The van der Waals surface area contributed by atoms with Crippen LogP contribution in [0.3, 0.4) is 0 Å². The Kier molecular flexibility index (Phi) is 7.72. The molecule has 6 heteroatoms. The van der Waals surface area contributed by atoms with Crippen LogP contribution in [-0.2, 0) is 6.54 Å². The highest BCUT2D eigenvalue weighted by Gasteiger charge is 2.13. The molecule has 26 heavy (non-hydrogen) atoms. The van der Waals surface area contributed by atoms with E-state index in [9.17, 15) is 5.11 Å². The van der Waals surface area contributed by atoms with E-state index in [1.54, 1.807) is 12.1 Å². The molecule has 1 aromatic carbocycles. The standard InChI is InChI=1S/C20H35N5O/c1-6-24(7-2)13-8-12-21-20-18-15-17(26)9-10-19(18)25(22-20)14-11-16(3)23(4)5/h9-10,15-16,26H,6-8,11-14H2,1-5H3,(H,21,22). The van der Waals surface area contributed by atoms with E-state index in [1.807, 2.05) is 6.07 Å². The van der Waals surface area contributed by atoms with Gasteiger partial charge in [-0.25, -0.2) is 0 Å². The number of hydrogen-bond acceptors (Lipinski definition) is 5. The van der Waals surface area contributed by atoms with E-state index in [0.29, 0.717) is 6.04 Å². The second kappa shape index (κ2) is 9.78. The van der Waals surface area contributed by atoms with E-state index >= 15 is 0 Å². The topological polar surface area (TPSA) is 56.6 Å². The summed E-state index contributed by atoms with van der Waals surface area (Å²) >= 11 is 0. The van der Waals surface area contributed by atoms with Gasteiger partial charge in [-0.2, -0.15) is 5.10 Å². The third-order valence-corrected chi connectivity index (χ3v) is 5.21. The Morgan fingerprint density at radius 2 is 1.96 bits per heavy atom. The molecular formula is C20H35N5O. The van der Waals surface area contributed by atoms with Crippen LogP contribution >= 0.6 is 0 Å². The molecular weight excluding hydrogens is 326 g/mol. The Bertz CT molecular complexity index is 678. The fourth-order valence-electron chi connectivity index (χ4n) is 3.08. The van der Waals surface area contributed by atoms with Crippen molar-refractivity contribution in [2.75, 3.05) is 45.6 Å². The smallest absolute Gasteiger partial charge is 0.156 e. The van der Waals surface area contributed by atoms with Crippen molar-refractivity contribution in [2.24, 2.45) is 0 Å². The van der Waals surface area contributed by atoms with Crippen LogP contribution in [0.1, 0.15) is 33.6 Å². The molecule has 0 aliphatic rings. The second-order valence-electron chi connectivity index (χ2n) is 7.18. The van der Waals surface area contributed by atoms with Gasteiger partial charge in [-0.15, -0.1) is 0 Å². The molecule has 2 rings (SSSR count). The first-order valence-electron chi connectivity index (χ1n) is 9.78. The van der Waals surface area contributed by atoms with Gasteiger partial charge in [0, 0.05) is 24.5 Å². The summed E-state index contributed by atoms with van der Waals surface area (Å²) in [4.78, 5) is 4.65. The number of phenolic OH excluding ortho intramolecular Hbond substituents is 1. The summed E-state index contributed by atoms with van der Waals surface area (Å²) in [5.41, 5.74) is 1.07. The van der Waals surface area contributed by atoms with Crippen molar-refractivity contribution in [1.29, 1.82) is 0 Å². The van der Waals surface area contributed by atoms with Gasteiger partial charge in [0.1, 0.15) is 5.75 Å². The van der Waals surface area contributed by atoms with E-state index in [1.165, 1.54) is 0 Å². The van der Waals surface area contributed by atoms with Gasteiger partial charge in [0.25, 0.3) is 0 Å². The van der Waals surface area contributed by atoms with E-state index in [4.69, 9.17) is 5.10 Å². The number of nitrogens with zero attached hydrogens (tertiary/aromatic N) is 4. The number of aromatic nitrogens is 2. The van der Waals surface area contributed by atoms with Crippen LogP contribution in [0.5, 0.6) is 5.75 Å². The molecule has 0 aliphatic heterocycles. The average molecular weight is 362 g/mol. The maximum atomic E-state index is 9.88. The Morgan fingerprint density at radius 1 is 1.23 bits per heavy atom. The fraction of sp³-hybridized carbons (Fsp3) is 0.650. The Balaban J connectivity index is 2.07. The zero-order chi connectivity index (χ0) is 19.1. The molecule has 1 unspecified atom stereocenters. The zero-order valence-electron chi connectivity index (χ0n) is 17.0. The highest BCUT2D eigenvalue weighted by molar-refractivity contribution is 5.91. The van der Waals surface area contributed by atoms with Gasteiger partial charge >= 0.3 is 0 Å². The number of aryl methyl sites for hydroxylation is 1. The first kappa shape index (κ1) is 20.5. The molecule has 0 saturated heterocycles. The molecule has 0 saturated carbocycles. The monoisotopic (exact) mass is 361 g/mol. The van der Waals surface area contributed by atoms with Crippen LogP contribution in [0.2, 0.25) is 0 Å². The number of fused-ring (bicyclic) bond motifs is 1. The number of nitrogens with one attached hydrogen (secondary N) is 1. The molecule has 0 fully saturated rings. The molecule has 1 heterocycles. The van der Waals surface area contributed by atoms with Gasteiger partial charge < -0.3 is 20.2 Å². The predicted octanol–water partition coefficient (Wildman–Crippen LogP) is 3.23. The lowest BCUT2D eigenvalue weighted by molar-refractivity contribution is 0.286. The molecule has 0 radical (unpaired) electrons. The maximum Gasteiger partial charge on any atom is 0.156 e. The van der Waals surface area contributed by atoms with Gasteiger partial charge in [0.15, 0.2) is 5.82 Å². The van der Waals surface area contributed by atoms with E-state index in [0.717, 1.165) is 62.3 Å². The van der Waals surface area contributed by atoms with Crippen LogP contribution in [0.15, 0.2) is 18.2 Å². The number of aromatic hydroxyl groups is 1. The van der Waals surface area contributed by atoms with Gasteiger partial charge in [-0.05, 0) is 71.7 Å². The highest BCUT2D eigenvalue weighted by Crippen LogP contribution is 2.27. The SMILES string of the molecule is CCN(CC)CCCNc1nn(CCC(C)N(C)C)c2ccc(O)cc12. The van der Waals surface area contributed by atoms with Crippen LogP contribution in [-0.4, -0.2) is 71.0 Å². The largest absolute Gasteiger partial charge is 0.508 e. The van der Waals surface area contributed by atoms with E-state index < -0.39 is 0 Å². The van der Waals surface area contributed by atoms with Crippen LogP contribution < -0.4 is 5.32 Å². The molecule has 2 N–H and O–H groups in total. The summed E-state index contributed by atoms with van der Waals surface area (Å²) in [7, 11) is 4.21. The van der Waals surface area contributed by atoms with E-state index in [-0.39, 0.29) is 5.75 Å². The summed E-state index contributed by atoms with van der Waals surface area (Å²) in [6.07, 6.45) is 2.11. The van der Waals surface area contributed by atoms with Gasteiger partial charge in [-0.1, -0.05) is 13.8 Å². The summed E-state index contributed by atoms with van der Waals surface area (Å²) in [6, 6.07) is 6.00. The molecule has 1 aromatic heterocycles. The van der Waals surface area contributed by atoms with Crippen LogP contribution in [0.4, 0.5) is 5.82 Å². The summed E-state index contributed by atoms with van der Waals surface area (Å²) in [6.45, 7) is 11.6. The minimum atomic E-state index is 0.282. The minimum absolute atomic E-state index is 0.282. The van der Waals surface area contributed by atoms with Gasteiger partial charge in [-0.3, -0.25) is 4.68 Å². The van der Waals surface area contributed by atoms with E-state index in [2.05, 4.69) is 54.7 Å². The van der Waals surface area contributed by atoms with Crippen molar-refractivity contribution in [2.45, 2.75) is 46.2 Å². The number of anilines is 1. The van der Waals surface area contributed by atoms with Crippen LogP contribution in [0, 0.1) is 0 Å². The number of phenols is 1. The average Bonchev–Trinajstić information content (AvgIpc) is 2.96. The molecule has 0 spiro atoms. The Labute approximate surface area is 157 Å². The number of rotatable bonds is 11. The van der Waals surface area contributed by atoms with Gasteiger partial charge in [0.2, 0.25) is 0 Å². The first-order valence-corrected chi connectivity index (χ1v) is 9.78. The van der Waals surface area contributed by atoms with Crippen molar-refractivity contribution in [3.8, 4) is 5.75 Å². The molecule has 0 aliphatic carbocycles. The molecule has 6 nitrogen and oxygen atoms in total. The minimum Gasteiger partial charge on any atom is -0.508 e. The van der Waals surface area contributed by atoms with Crippen molar-refractivity contribution in [3.05, 3.63) is 18.2 Å². The molecule has 2 aromatic rings. The molecule has 1 atom stereocenters. The van der Waals surface area contributed by atoms with Crippen molar-refractivity contribution in [3.63, 3.8) is 0 Å².